The van der Waals surface area contributed by atoms with E-state index in [1.54, 1.807) is 0 Å². The lowest BCUT2D eigenvalue weighted by atomic mass is 10.0. The van der Waals surface area contributed by atoms with Crippen molar-refractivity contribution in [2.45, 2.75) is 66.5 Å². The van der Waals surface area contributed by atoms with Crippen molar-refractivity contribution < 1.29 is 4.79 Å². The van der Waals surface area contributed by atoms with Gasteiger partial charge < -0.3 is 5.32 Å². The molecule has 0 aliphatic carbocycles. The van der Waals surface area contributed by atoms with Crippen LogP contribution in [0.2, 0.25) is 0 Å². The molecule has 0 aromatic carbocycles. The summed E-state index contributed by atoms with van der Waals surface area (Å²) in [5.41, 5.74) is 3.14. The molecule has 5 heteroatoms. The lowest BCUT2D eigenvalue weighted by Gasteiger charge is -2.17. The van der Waals surface area contributed by atoms with E-state index in [0.717, 1.165) is 17.0 Å². The fourth-order valence-corrected chi connectivity index (χ4v) is 2.20. The maximum absolute atomic E-state index is 12.0. The molecule has 21 heavy (non-hydrogen) atoms. The van der Waals surface area contributed by atoms with Crippen molar-refractivity contribution in [3.05, 3.63) is 17.0 Å². The molecule has 1 N–H and O–H groups in total. The number of aryl methyl sites for hydroxylation is 2. The first-order valence-corrected chi connectivity index (χ1v) is 7.56. The molecule has 116 valence electrons. The monoisotopic (exact) mass is 290 g/mol. The number of amides is 1. The summed E-state index contributed by atoms with van der Waals surface area (Å²) in [4.78, 5) is 12.0. The third-order valence-electron chi connectivity index (χ3n) is 3.96. The summed E-state index contributed by atoms with van der Waals surface area (Å²) < 4.78 is 1.86. The average Bonchev–Trinajstić information content (AvgIpc) is 2.68. The van der Waals surface area contributed by atoms with Gasteiger partial charge in [0.1, 0.15) is 0 Å². The molecule has 1 aromatic rings. The van der Waals surface area contributed by atoms with Crippen molar-refractivity contribution in [3.63, 3.8) is 0 Å². The molecule has 0 spiro atoms. The smallest absolute Gasteiger partial charge is 0.220 e. The van der Waals surface area contributed by atoms with Crippen LogP contribution in [0.15, 0.2) is 0 Å². The highest BCUT2D eigenvalue weighted by molar-refractivity contribution is 5.76. The zero-order chi connectivity index (χ0) is 16.0. The minimum absolute atomic E-state index is 0.0831. The standard InChI is InChI=1S/C16H26N4O/c1-11(2)12(3)18-16(21)8-7-15-13(4)19-20(14(15)5)10-6-9-17/h11-12H,6-8,10H2,1-5H3,(H,18,21). The molecule has 0 radical (unpaired) electrons. The number of rotatable bonds is 7. The Kier molecular flexibility index (Phi) is 6.41. The van der Waals surface area contributed by atoms with Crippen molar-refractivity contribution >= 4 is 5.91 Å². The summed E-state index contributed by atoms with van der Waals surface area (Å²) in [5, 5.41) is 16.1. The van der Waals surface area contributed by atoms with E-state index >= 15 is 0 Å². The number of nitrogens with zero attached hydrogens (tertiary/aromatic N) is 3. The predicted molar refractivity (Wildman–Crippen MR) is 82.7 cm³/mol. The number of nitrogens with one attached hydrogen (secondary N) is 1. The first-order valence-electron chi connectivity index (χ1n) is 7.56. The van der Waals surface area contributed by atoms with Crippen molar-refractivity contribution in [1.82, 2.24) is 15.1 Å². The topological polar surface area (TPSA) is 70.7 Å². The molecule has 0 aliphatic heterocycles. The molecule has 0 saturated heterocycles. The summed E-state index contributed by atoms with van der Waals surface area (Å²) in [6.45, 7) is 10.8. The molecule has 0 fully saturated rings. The van der Waals surface area contributed by atoms with Crippen LogP contribution in [0.4, 0.5) is 0 Å². The van der Waals surface area contributed by atoms with Crippen LogP contribution in [0.25, 0.3) is 0 Å². The van der Waals surface area contributed by atoms with Crippen molar-refractivity contribution in [1.29, 1.82) is 5.26 Å². The zero-order valence-corrected chi connectivity index (χ0v) is 13.7. The quantitative estimate of drug-likeness (QED) is 0.838. The maximum atomic E-state index is 12.0. The molecule has 1 aromatic heterocycles. The third kappa shape index (κ3) is 4.89. The lowest BCUT2D eigenvalue weighted by molar-refractivity contribution is -0.121. The highest BCUT2D eigenvalue weighted by Gasteiger charge is 2.15. The van der Waals surface area contributed by atoms with Gasteiger partial charge in [-0.1, -0.05) is 13.8 Å². The minimum atomic E-state index is 0.0831. The summed E-state index contributed by atoms with van der Waals surface area (Å²) >= 11 is 0. The van der Waals surface area contributed by atoms with Crippen LogP contribution in [0.1, 0.15) is 50.6 Å². The SMILES string of the molecule is Cc1nn(CCC#N)c(C)c1CCC(=O)NC(C)C(C)C. The van der Waals surface area contributed by atoms with E-state index in [-0.39, 0.29) is 11.9 Å². The van der Waals surface area contributed by atoms with Gasteiger partial charge >= 0.3 is 0 Å². The Morgan fingerprint density at radius 2 is 2.05 bits per heavy atom. The number of carbonyl (C=O) groups excluding carboxylic acids is 1. The van der Waals surface area contributed by atoms with Crippen LogP contribution in [0.5, 0.6) is 0 Å². The summed E-state index contributed by atoms with van der Waals surface area (Å²) in [6.07, 6.45) is 1.62. The maximum Gasteiger partial charge on any atom is 0.220 e. The van der Waals surface area contributed by atoms with Crippen LogP contribution in [0.3, 0.4) is 0 Å². The van der Waals surface area contributed by atoms with Crippen LogP contribution in [0, 0.1) is 31.1 Å². The Balaban J connectivity index is 2.61. The number of hydrogen-bond donors (Lipinski definition) is 1. The highest BCUT2D eigenvalue weighted by atomic mass is 16.1. The van der Waals surface area contributed by atoms with E-state index in [0.29, 0.717) is 31.7 Å². The first-order chi connectivity index (χ1) is 9.86. The van der Waals surface area contributed by atoms with Crippen LogP contribution < -0.4 is 5.32 Å². The van der Waals surface area contributed by atoms with Gasteiger partial charge in [0.15, 0.2) is 0 Å². The summed E-state index contributed by atoms with van der Waals surface area (Å²) in [6, 6.07) is 2.32. The fraction of sp³-hybridized carbons (Fsp3) is 0.688. The van der Waals surface area contributed by atoms with E-state index in [1.807, 2.05) is 25.5 Å². The predicted octanol–water partition coefficient (Wildman–Crippen LogP) is 2.51. The van der Waals surface area contributed by atoms with Gasteiger partial charge in [0.2, 0.25) is 5.91 Å². The molecule has 1 atom stereocenters. The third-order valence-corrected chi connectivity index (χ3v) is 3.96. The second kappa shape index (κ2) is 7.82. The molecular weight excluding hydrogens is 264 g/mol. The molecule has 0 saturated carbocycles. The Labute approximate surface area is 127 Å². The van der Waals surface area contributed by atoms with Crippen LogP contribution in [-0.2, 0) is 17.8 Å². The van der Waals surface area contributed by atoms with Crippen molar-refractivity contribution in [3.8, 4) is 6.07 Å². The zero-order valence-electron chi connectivity index (χ0n) is 13.7. The molecule has 1 rings (SSSR count). The van der Waals surface area contributed by atoms with Gasteiger partial charge in [0.25, 0.3) is 0 Å². The van der Waals surface area contributed by atoms with Crippen molar-refractivity contribution in [2.24, 2.45) is 5.92 Å². The number of aromatic nitrogens is 2. The number of nitriles is 1. The van der Waals surface area contributed by atoms with Gasteiger partial charge in [-0.25, -0.2) is 0 Å². The second-order valence-electron chi connectivity index (χ2n) is 5.88. The van der Waals surface area contributed by atoms with Gasteiger partial charge in [-0.3, -0.25) is 9.48 Å². The largest absolute Gasteiger partial charge is 0.353 e. The van der Waals surface area contributed by atoms with E-state index in [1.165, 1.54) is 0 Å². The first kappa shape index (κ1) is 17.2. The highest BCUT2D eigenvalue weighted by Crippen LogP contribution is 2.15. The Hall–Kier alpha value is -1.83. The second-order valence-corrected chi connectivity index (χ2v) is 5.88. The molecule has 0 bridgehead atoms. The Morgan fingerprint density at radius 3 is 2.62 bits per heavy atom. The van der Waals surface area contributed by atoms with E-state index < -0.39 is 0 Å². The van der Waals surface area contributed by atoms with Crippen LogP contribution in [-0.4, -0.2) is 21.7 Å². The van der Waals surface area contributed by atoms with E-state index in [9.17, 15) is 4.79 Å². The van der Waals surface area contributed by atoms with Crippen LogP contribution >= 0.6 is 0 Å². The normalized spacial score (nSPS) is 12.2. The van der Waals surface area contributed by atoms with Gasteiger partial charge in [0.05, 0.1) is 24.7 Å². The molecule has 5 nitrogen and oxygen atoms in total. The molecular formula is C16H26N4O. The van der Waals surface area contributed by atoms with Gasteiger partial charge in [-0.2, -0.15) is 10.4 Å². The minimum Gasteiger partial charge on any atom is -0.353 e. The molecule has 1 unspecified atom stereocenters. The summed E-state index contributed by atoms with van der Waals surface area (Å²) in [7, 11) is 0. The average molecular weight is 290 g/mol. The Bertz CT molecular complexity index is 525. The number of hydrogen-bond acceptors (Lipinski definition) is 3. The molecule has 0 aliphatic rings. The van der Waals surface area contributed by atoms with Gasteiger partial charge in [0, 0.05) is 18.2 Å². The lowest BCUT2D eigenvalue weighted by Crippen LogP contribution is -2.36. The summed E-state index contributed by atoms with van der Waals surface area (Å²) in [5.74, 6) is 0.519. The van der Waals surface area contributed by atoms with E-state index in [2.05, 4.69) is 30.3 Å². The number of carbonyl (C=O) groups is 1. The van der Waals surface area contributed by atoms with E-state index in [4.69, 9.17) is 5.26 Å². The van der Waals surface area contributed by atoms with Crippen molar-refractivity contribution in [2.75, 3.05) is 0 Å². The van der Waals surface area contributed by atoms with Gasteiger partial charge in [-0.05, 0) is 38.7 Å². The van der Waals surface area contributed by atoms with Gasteiger partial charge in [-0.15, -0.1) is 0 Å². The fourth-order valence-electron chi connectivity index (χ4n) is 2.20. The molecule has 1 heterocycles. The Morgan fingerprint density at radius 1 is 1.38 bits per heavy atom. The molecule has 1 amide bonds.